The largest absolute Gasteiger partial charge is 0.324 e. The van der Waals surface area contributed by atoms with Gasteiger partial charge in [0, 0.05) is 15.8 Å². The molecule has 19 heavy (non-hydrogen) atoms. The van der Waals surface area contributed by atoms with Crippen molar-refractivity contribution < 1.29 is 0 Å². The zero-order valence-electron chi connectivity index (χ0n) is 10.3. The number of fused-ring (bicyclic) bond motifs is 1. The van der Waals surface area contributed by atoms with Crippen molar-refractivity contribution in [2.45, 2.75) is 12.5 Å². The summed E-state index contributed by atoms with van der Waals surface area (Å²) in [6.45, 7) is 0. The minimum absolute atomic E-state index is 0.000756. The van der Waals surface area contributed by atoms with Gasteiger partial charge in [-0.05, 0) is 46.5 Å². The van der Waals surface area contributed by atoms with E-state index in [2.05, 4.69) is 35.7 Å². The minimum Gasteiger partial charge on any atom is -0.324 e. The Kier molecular flexibility index (Phi) is 3.56. The zero-order chi connectivity index (χ0) is 13.2. The standard InChI is InChI=1S/C16H14ClNS/c17-13-5-1-3-11(9-13)10-15(18)14-6-2-4-12-7-8-19-16(12)14/h1-9,15H,10,18H2. The van der Waals surface area contributed by atoms with E-state index in [4.69, 9.17) is 17.3 Å². The van der Waals surface area contributed by atoms with E-state index in [1.165, 1.54) is 21.2 Å². The highest BCUT2D eigenvalue weighted by atomic mass is 35.5. The fourth-order valence-corrected chi connectivity index (χ4v) is 3.53. The van der Waals surface area contributed by atoms with Crippen LogP contribution in [0.4, 0.5) is 0 Å². The summed E-state index contributed by atoms with van der Waals surface area (Å²) < 4.78 is 1.29. The van der Waals surface area contributed by atoms with Crippen LogP contribution in [-0.2, 0) is 6.42 Å². The van der Waals surface area contributed by atoms with E-state index in [9.17, 15) is 0 Å². The van der Waals surface area contributed by atoms with Crippen molar-refractivity contribution in [3.05, 3.63) is 70.1 Å². The molecule has 0 radical (unpaired) electrons. The summed E-state index contributed by atoms with van der Waals surface area (Å²) in [5, 5.41) is 4.14. The topological polar surface area (TPSA) is 26.0 Å². The third-order valence-corrected chi connectivity index (χ3v) is 4.47. The first-order chi connectivity index (χ1) is 9.24. The molecule has 0 aliphatic carbocycles. The Morgan fingerprint density at radius 1 is 1.11 bits per heavy atom. The smallest absolute Gasteiger partial charge is 0.0408 e. The van der Waals surface area contributed by atoms with Gasteiger partial charge >= 0.3 is 0 Å². The Labute approximate surface area is 121 Å². The maximum Gasteiger partial charge on any atom is 0.0408 e. The molecule has 0 fully saturated rings. The molecule has 96 valence electrons. The molecule has 0 aliphatic rings. The number of benzene rings is 2. The van der Waals surface area contributed by atoms with Crippen LogP contribution in [0.15, 0.2) is 53.9 Å². The van der Waals surface area contributed by atoms with Gasteiger partial charge in [0.25, 0.3) is 0 Å². The van der Waals surface area contributed by atoms with Crippen molar-refractivity contribution in [3.63, 3.8) is 0 Å². The fourth-order valence-electron chi connectivity index (χ4n) is 2.34. The average molecular weight is 288 g/mol. The summed E-state index contributed by atoms with van der Waals surface area (Å²) >= 11 is 7.76. The van der Waals surface area contributed by atoms with Crippen molar-refractivity contribution in [3.8, 4) is 0 Å². The van der Waals surface area contributed by atoms with Crippen molar-refractivity contribution in [1.29, 1.82) is 0 Å². The van der Waals surface area contributed by atoms with Gasteiger partial charge in [-0.3, -0.25) is 0 Å². The molecule has 3 rings (SSSR count). The summed E-state index contributed by atoms with van der Waals surface area (Å²) in [5.41, 5.74) is 8.76. The Bertz CT molecular complexity index is 705. The van der Waals surface area contributed by atoms with E-state index in [1.807, 2.05) is 18.2 Å². The van der Waals surface area contributed by atoms with E-state index in [1.54, 1.807) is 11.3 Å². The van der Waals surface area contributed by atoms with Crippen LogP contribution in [-0.4, -0.2) is 0 Å². The molecule has 0 spiro atoms. The molecular weight excluding hydrogens is 274 g/mol. The Hall–Kier alpha value is -1.35. The van der Waals surface area contributed by atoms with Gasteiger partial charge in [0.1, 0.15) is 0 Å². The number of hydrogen-bond donors (Lipinski definition) is 1. The second kappa shape index (κ2) is 5.33. The quantitative estimate of drug-likeness (QED) is 0.736. The maximum absolute atomic E-state index is 6.37. The lowest BCUT2D eigenvalue weighted by atomic mass is 9.99. The summed E-state index contributed by atoms with van der Waals surface area (Å²) in [7, 11) is 0. The molecule has 0 aliphatic heterocycles. The molecule has 0 bridgehead atoms. The van der Waals surface area contributed by atoms with Crippen LogP contribution in [0.1, 0.15) is 17.2 Å². The average Bonchev–Trinajstić information content (AvgIpc) is 2.86. The van der Waals surface area contributed by atoms with Crippen LogP contribution in [0.3, 0.4) is 0 Å². The zero-order valence-corrected chi connectivity index (χ0v) is 11.9. The van der Waals surface area contributed by atoms with Gasteiger partial charge in [0.15, 0.2) is 0 Å². The predicted molar refractivity (Wildman–Crippen MR) is 83.9 cm³/mol. The molecular formula is C16H14ClNS. The van der Waals surface area contributed by atoms with Crippen molar-refractivity contribution in [2.24, 2.45) is 5.73 Å². The van der Waals surface area contributed by atoms with Crippen molar-refractivity contribution in [2.75, 3.05) is 0 Å². The molecule has 1 unspecified atom stereocenters. The van der Waals surface area contributed by atoms with Crippen LogP contribution in [0.25, 0.3) is 10.1 Å². The Morgan fingerprint density at radius 2 is 1.95 bits per heavy atom. The lowest BCUT2D eigenvalue weighted by Gasteiger charge is -2.13. The van der Waals surface area contributed by atoms with Crippen LogP contribution >= 0.6 is 22.9 Å². The summed E-state index contributed by atoms with van der Waals surface area (Å²) in [5.74, 6) is 0. The molecule has 3 heteroatoms. The van der Waals surface area contributed by atoms with E-state index in [0.717, 1.165) is 11.4 Å². The Balaban J connectivity index is 1.91. The van der Waals surface area contributed by atoms with Gasteiger partial charge in [0.05, 0.1) is 0 Å². The Morgan fingerprint density at radius 3 is 2.79 bits per heavy atom. The van der Waals surface area contributed by atoms with Gasteiger partial charge < -0.3 is 5.73 Å². The molecule has 2 N–H and O–H groups in total. The van der Waals surface area contributed by atoms with Gasteiger partial charge in [-0.25, -0.2) is 0 Å². The maximum atomic E-state index is 6.37. The van der Waals surface area contributed by atoms with E-state index >= 15 is 0 Å². The monoisotopic (exact) mass is 287 g/mol. The molecule has 1 aromatic heterocycles. The second-order valence-electron chi connectivity index (χ2n) is 4.63. The first-order valence-corrected chi connectivity index (χ1v) is 7.46. The number of hydrogen-bond acceptors (Lipinski definition) is 2. The second-order valence-corrected chi connectivity index (χ2v) is 5.98. The van der Waals surface area contributed by atoms with E-state index < -0.39 is 0 Å². The number of halogens is 1. The van der Waals surface area contributed by atoms with E-state index in [0.29, 0.717) is 0 Å². The molecule has 2 aromatic carbocycles. The number of rotatable bonds is 3. The molecule has 1 atom stereocenters. The molecule has 1 heterocycles. The van der Waals surface area contributed by atoms with E-state index in [-0.39, 0.29) is 6.04 Å². The highest BCUT2D eigenvalue weighted by molar-refractivity contribution is 7.17. The minimum atomic E-state index is 0.000756. The van der Waals surface area contributed by atoms with Crippen LogP contribution < -0.4 is 5.73 Å². The lowest BCUT2D eigenvalue weighted by molar-refractivity contribution is 0.729. The molecule has 0 amide bonds. The number of nitrogens with two attached hydrogens (primary N) is 1. The highest BCUT2D eigenvalue weighted by Gasteiger charge is 2.11. The van der Waals surface area contributed by atoms with Gasteiger partial charge in [-0.2, -0.15) is 0 Å². The van der Waals surface area contributed by atoms with Gasteiger partial charge in [-0.15, -0.1) is 11.3 Å². The van der Waals surface area contributed by atoms with Crippen LogP contribution in [0.5, 0.6) is 0 Å². The molecule has 0 saturated heterocycles. The summed E-state index contributed by atoms with van der Waals surface area (Å²) in [6.07, 6.45) is 0.803. The van der Waals surface area contributed by atoms with Crippen LogP contribution in [0, 0.1) is 0 Å². The normalized spacial score (nSPS) is 12.7. The third kappa shape index (κ3) is 2.66. The SMILES string of the molecule is NC(Cc1cccc(Cl)c1)c1cccc2ccsc12. The summed E-state index contributed by atoms with van der Waals surface area (Å²) in [6, 6.07) is 16.4. The van der Waals surface area contributed by atoms with Gasteiger partial charge in [-0.1, -0.05) is 41.9 Å². The molecule has 0 saturated carbocycles. The predicted octanol–water partition coefficient (Wildman–Crippen LogP) is 4.80. The van der Waals surface area contributed by atoms with Gasteiger partial charge in [0.2, 0.25) is 0 Å². The first-order valence-electron chi connectivity index (χ1n) is 6.20. The first kappa shape index (κ1) is 12.7. The van der Waals surface area contributed by atoms with Crippen LogP contribution in [0.2, 0.25) is 5.02 Å². The molecule has 1 nitrogen and oxygen atoms in total. The number of thiophene rings is 1. The summed E-state index contributed by atoms with van der Waals surface area (Å²) in [4.78, 5) is 0. The molecule has 3 aromatic rings. The fraction of sp³-hybridized carbons (Fsp3) is 0.125. The van der Waals surface area contributed by atoms with Crippen molar-refractivity contribution >= 4 is 33.0 Å². The highest BCUT2D eigenvalue weighted by Crippen LogP contribution is 2.29. The third-order valence-electron chi connectivity index (χ3n) is 3.25. The lowest BCUT2D eigenvalue weighted by Crippen LogP contribution is -2.13. The van der Waals surface area contributed by atoms with Crippen molar-refractivity contribution in [1.82, 2.24) is 0 Å².